The number of ether oxygens (including phenoxy) is 1. The van der Waals surface area contributed by atoms with E-state index in [1.165, 1.54) is 6.92 Å². The molecule has 0 aliphatic rings. The van der Waals surface area contributed by atoms with Gasteiger partial charge in [-0.1, -0.05) is 41.9 Å². The summed E-state index contributed by atoms with van der Waals surface area (Å²) in [7, 11) is 0. The normalized spacial score (nSPS) is 11.8. The van der Waals surface area contributed by atoms with E-state index >= 15 is 0 Å². The smallest absolute Gasteiger partial charge is 0.186 e. The fraction of sp³-hybridized carbons (Fsp3) is 0.158. The van der Waals surface area contributed by atoms with E-state index in [1.54, 1.807) is 42.5 Å². The molecule has 0 fully saturated rings. The Morgan fingerprint density at radius 1 is 1.35 bits per heavy atom. The molecule has 0 aromatic heterocycles. The number of carbonyl (C=O) groups excluding carboxylic acids is 2. The average Bonchev–Trinajstić information content (AvgIpc) is 2.58. The van der Waals surface area contributed by atoms with Crippen LogP contribution in [-0.2, 0) is 17.1 Å². The fourth-order valence-electron chi connectivity index (χ4n) is 1.88. The Kier molecular flexibility index (Phi) is 5.03. The summed E-state index contributed by atoms with van der Waals surface area (Å²) in [5.41, 5.74) is 0.288. The van der Waals surface area contributed by atoms with Crippen molar-refractivity contribution in [2.45, 2.75) is 19.2 Å². The highest BCUT2D eigenvalue weighted by atomic mass is 32.2. The van der Waals surface area contributed by atoms with E-state index in [1.807, 2.05) is 0 Å². The molecule has 0 amide bonds. The van der Waals surface area contributed by atoms with Crippen LogP contribution < -0.4 is 4.74 Å². The first-order valence-electron chi connectivity index (χ1n) is 7.83. The predicted octanol–water partition coefficient (Wildman–Crippen LogP) is 3.84. The molecule has 0 radical (unpaired) electrons. The van der Waals surface area contributed by atoms with Crippen LogP contribution in [-0.4, -0.2) is 11.4 Å². The summed E-state index contributed by atoms with van der Waals surface area (Å²) >= 11 is 0.635. The minimum Gasteiger partial charge on any atom is -0.489 e. The number of benzene rings is 2. The quantitative estimate of drug-likeness (QED) is 0.597. The Bertz CT molecular complexity index is 841. The second-order valence-electron chi connectivity index (χ2n) is 4.74. The van der Waals surface area contributed by atoms with Crippen molar-refractivity contribution >= 4 is 23.2 Å². The average molecular weight is 326 g/mol. The van der Waals surface area contributed by atoms with Crippen molar-refractivity contribution in [1.29, 1.82) is 0 Å². The first-order valence-corrected chi connectivity index (χ1v) is 7.64. The molecule has 23 heavy (non-hydrogen) atoms. The van der Waals surface area contributed by atoms with Crippen LogP contribution in [0.4, 0.5) is 0 Å². The monoisotopic (exact) mass is 326 g/mol. The molecule has 4 heteroatoms. The lowest BCUT2D eigenvalue weighted by molar-refractivity contribution is -0.109. The molecule has 0 aliphatic carbocycles. The van der Waals surface area contributed by atoms with E-state index in [9.17, 15) is 9.59 Å². The molecule has 0 spiro atoms. The first kappa shape index (κ1) is 14.1. The molecule has 2 aromatic carbocycles. The molecule has 116 valence electrons. The molecule has 0 saturated carbocycles. The van der Waals surface area contributed by atoms with Crippen LogP contribution in [0.25, 0.3) is 0 Å². The molecular formula is C19H16O3S. The third-order valence-corrected chi connectivity index (χ3v) is 3.50. The molecule has 0 aliphatic heterocycles. The van der Waals surface area contributed by atoms with Crippen LogP contribution in [0.15, 0.2) is 42.5 Å². The van der Waals surface area contributed by atoms with Crippen molar-refractivity contribution in [1.82, 2.24) is 0 Å². The van der Waals surface area contributed by atoms with Gasteiger partial charge in [0.1, 0.15) is 18.6 Å². The van der Waals surface area contributed by atoms with Crippen LogP contribution in [0.2, 0.25) is 0 Å². The lowest BCUT2D eigenvalue weighted by Crippen LogP contribution is -1.98. The van der Waals surface area contributed by atoms with Gasteiger partial charge in [-0.3, -0.25) is 9.59 Å². The van der Waals surface area contributed by atoms with Gasteiger partial charge in [-0.05, 0) is 29.3 Å². The molecule has 3 nitrogen and oxygen atoms in total. The summed E-state index contributed by atoms with van der Waals surface area (Å²) < 4.78 is 21.7. The molecule has 0 unspecified atom stereocenters. The van der Waals surface area contributed by atoms with Crippen molar-refractivity contribution in [3.05, 3.63) is 64.7 Å². The number of hydrogen-bond acceptors (Lipinski definition) is 4. The highest BCUT2D eigenvalue weighted by Gasteiger charge is 2.03. The van der Waals surface area contributed by atoms with Gasteiger partial charge in [0, 0.05) is 26.5 Å². The zero-order valence-corrected chi connectivity index (χ0v) is 13.4. The lowest BCUT2D eigenvalue weighted by Gasteiger charge is -2.09. The van der Waals surface area contributed by atoms with Crippen LogP contribution in [0.5, 0.6) is 5.75 Å². The van der Waals surface area contributed by atoms with Gasteiger partial charge in [-0.25, -0.2) is 0 Å². The number of carbonyl (C=O) groups is 2. The maximum absolute atomic E-state index is 11.2. The molecule has 0 N–H and O–H groups in total. The van der Waals surface area contributed by atoms with Crippen LogP contribution >= 0.6 is 11.8 Å². The molecule has 0 saturated heterocycles. The maximum Gasteiger partial charge on any atom is 0.186 e. The minimum atomic E-state index is -1.81. The Balaban J connectivity index is 2.17. The zero-order valence-electron chi connectivity index (χ0n) is 14.5. The van der Waals surface area contributed by atoms with Gasteiger partial charge < -0.3 is 4.74 Å². The van der Waals surface area contributed by atoms with Gasteiger partial charge >= 0.3 is 0 Å². The van der Waals surface area contributed by atoms with Gasteiger partial charge in [-0.2, -0.15) is 0 Å². The summed E-state index contributed by atoms with van der Waals surface area (Å²) in [5.74, 6) is 2.93. The van der Waals surface area contributed by atoms with Crippen molar-refractivity contribution in [3.8, 4) is 18.1 Å². The van der Waals surface area contributed by atoms with Crippen LogP contribution in [0.1, 0.15) is 36.7 Å². The number of aldehydes is 1. The SMILES string of the molecule is [2H]C([2H])(SC(C)=O)c1cccc(COc2cc(C#C)cc(C=O)c2)c1. The maximum atomic E-state index is 11.2. The molecule has 0 heterocycles. The van der Waals surface area contributed by atoms with Gasteiger partial charge in [0.05, 0.1) is 0 Å². The standard InChI is InChI=1S/C19H16O3S/c1-3-15-7-18(11-20)10-19(9-15)22-12-16-5-4-6-17(8-16)13-23-14(2)21/h1,4-11H,12-13H2,2H3/i13D2. The second kappa shape index (κ2) is 8.21. The highest BCUT2D eigenvalue weighted by Crippen LogP contribution is 2.19. The summed E-state index contributed by atoms with van der Waals surface area (Å²) in [6.07, 6.45) is 6.06. The molecular weight excluding hydrogens is 308 g/mol. The molecule has 2 aromatic rings. The lowest BCUT2D eigenvalue weighted by atomic mass is 10.1. The van der Waals surface area contributed by atoms with Crippen LogP contribution in [0.3, 0.4) is 0 Å². The van der Waals surface area contributed by atoms with Crippen molar-refractivity contribution in [3.63, 3.8) is 0 Å². The number of hydrogen-bond donors (Lipinski definition) is 0. The van der Waals surface area contributed by atoms with Gasteiger partial charge in [0.15, 0.2) is 5.12 Å². The van der Waals surface area contributed by atoms with Gasteiger partial charge in [0.25, 0.3) is 0 Å². The van der Waals surface area contributed by atoms with Crippen molar-refractivity contribution in [2.24, 2.45) is 0 Å². The van der Waals surface area contributed by atoms with Crippen molar-refractivity contribution < 1.29 is 17.1 Å². The number of thioether (sulfide) groups is 1. The Labute approximate surface area is 142 Å². The van der Waals surface area contributed by atoms with E-state index < -0.39 is 5.70 Å². The Morgan fingerprint density at radius 3 is 2.83 bits per heavy atom. The van der Waals surface area contributed by atoms with Gasteiger partial charge in [-0.15, -0.1) is 6.42 Å². The summed E-state index contributed by atoms with van der Waals surface area (Å²) in [4.78, 5) is 22.2. The summed E-state index contributed by atoms with van der Waals surface area (Å²) in [5, 5.41) is -0.292. The van der Waals surface area contributed by atoms with E-state index in [-0.39, 0.29) is 11.7 Å². The van der Waals surface area contributed by atoms with Gasteiger partial charge in [0.2, 0.25) is 0 Å². The Morgan fingerprint density at radius 2 is 2.13 bits per heavy atom. The topological polar surface area (TPSA) is 43.4 Å². The number of terminal acetylenes is 1. The first-order chi connectivity index (χ1) is 11.8. The van der Waals surface area contributed by atoms with E-state index in [0.29, 0.717) is 40.5 Å². The predicted molar refractivity (Wildman–Crippen MR) is 92.5 cm³/mol. The Hall–Kier alpha value is -2.51. The van der Waals surface area contributed by atoms with Crippen molar-refractivity contribution in [2.75, 3.05) is 0 Å². The minimum absolute atomic E-state index is 0.182. The molecule has 2 rings (SSSR count). The summed E-state index contributed by atoms with van der Waals surface area (Å²) in [6.45, 7) is 1.51. The highest BCUT2D eigenvalue weighted by molar-refractivity contribution is 8.12. The largest absolute Gasteiger partial charge is 0.489 e. The van der Waals surface area contributed by atoms with Crippen LogP contribution in [0, 0.1) is 12.3 Å². The third-order valence-electron chi connectivity index (χ3n) is 2.88. The molecule has 0 bridgehead atoms. The molecule has 0 atom stereocenters. The zero-order chi connectivity index (χ0) is 18.4. The van der Waals surface area contributed by atoms with E-state index in [0.717, 1.165) is 5.56 Å². The van der Waals surface area contributed by atoms with E-state index in [4.69, 9.17) is 13.9 Å². The van der Waals surface area contributed by atoms with E-state index in [2.05, 4.69) is 5.92 Å². The fourth-order valence-corrected chi connectivity index (χ4v) is 2.27. The third kappa shape index (κ3) is 5.32. The summed E-state index contributed by atoms with van der Waals surface area (Å²) in [6, 6.07) is 11.6. The second-order valence-corrected chi connectivity index (χ2v) is 5.72. The number of rotatable bonds is 6.